The summed E-state index contributed by atoms with van der Waals surface area (Å²) in [5.41, 5.74) is 13.0. The maximum Gasteiger partial charge on any atom is 3.00 e. The fourth-order valence-corrected chi connectivity index (χ4v) is 23.3. The molecule has 0 radical (unpaired) electrons. The third-order valence-corrected chi connectivity index (χ3v) is 29.1. The molecule has 580 valence electrons. The number of nitrogens with zero attached hydrogens (tertiary/aromatic N) is 4. The second-order valence-corrected chi connectivity index (χ2v) is 43.0. The van der Waals surface area contributed by atoms with E-state index in [1.807, 2.05) is 149 Å². The van der Waals surface area contributed by atoms with Crippen molar-refractivity contribution in [2.75, 3.05) is 67.0 Å². The monoisotopic (exact) mass is 1680 g/mol. The van der Waals surface area contributed by atoms with Crippen molar-refractivity contribution in [2.45, 2.75) is 209 Å². The molecule has 0 spiro atoms. The molecule has 2 aliphatic heterocycles. The Morgan fingerprint density at radius 2 is 0.537 bits per heavy atom. The maximum atomic E-state index is 13.9. The minimum absolute atomic E-state index is 0. The Labute approximate surface area is 710 Å². The zero-order valence-corrected chi connectivity index (χ0v) is 80.3. The van der Waals surface area contributed by atoms with Crippen LogP contribution in [0.5, 0.6) is 23.0 Å². The van der Waals surface area contributed by atoms with Crippen molar-refractivity contribution in [3.63, 3.8) is 0 Å². The molecule has 2 heterocycles. The van der Waals surface area contributed by atoms with Crippen LogP contribution in [-0.2, 0) is 132 Å². The quantitative estimate of drug-likeness (QED) is 0.0477. The van der Waals surface area contributed by atoms with Crippen LogP contribution in [0.25, 0.3) is 9.30 Å². The van der Waals surface area contributed by atoms with Crippen LogP contribution in [0.2, 0.25) is 52.4 Å². The van der Waals surface area contributed by atoms with E-state index in [9.17, 15) is 20.4 Å². The Morgan fingerprint density at radius 1 is 0.343 bits per heavy atom. The second-order valence-electron chi connectivity index (χ2n) is 31.9. The van der Waals surface area contributed by atoms with Crippen molar-refractivity contribution in [2.24, 2.45) is 0 Å². The van der Waals surface area contributed by atoms with E-state index in [4.69, 9.17) is 18.9 Å². The smallest absolute Gasteiger partial charge is 0.872 e. The summed E-state index contributed by atoms with van der Waals surface area (Å²) in [5.74, 6) is 0.238. The van der Waals surface area contributed by atoms with Crippen LogP contribution < -0.4 is 20.4 Å². The Morgan fingerprint density at radius 3 is 0.685 bits per heavy atom. The summed E-state index contributed by atoms with van der Waals surface area (Å²) in [6.45, 7) is 51.2. The van der Waals surface area contributed by atoms with Gasteiger partial charge in [0.2, 0.25) is 0 Å². The number of ether oxygens (including phenoxy) is 4. The fourth-order valence-electron chi connectivity index (χ4n) is 13.8. The molecule has 18 heteroatoms. The molecule has 0 amide bonds. The number of aryl methyl sites for hydroxylation is 4. The summed E-state index contributed by atoms with van der Waals surface area (Å²) in [6.07, 6.45) is 5.11. The van der Waals surface area contributed by atoms with E-state index < -0.39 is 57.5 Å². The zero-order chi connectivity index (χ0) is 78.4. The minimum Gasteiger partial charge on any atom is -0.872 e. The molecule has 0 saturated carbocycles. The number of methoxy groups -OCH3 is 2. The van der Waals surface area contributed by atoms with Gasteiger partial charge < -0.3 is 48.7 Å². The zero-order valence-electron chi connectivity index (χ0n) is 70.0. The maximum absolute atomic E-state index is 13.9. The van der Waals surface area contributed by atoms with Crippen LogP contribution in [0.1, 0.15) is 170 Å². The summed E-state index contributed by atoms with van der Waals surface area (Å²) in [4.78, 5) is 4.32. The molecule has 12 nitrogen and oxygen atoms in total. The van der Waals surface area contributed by atoms with Crippen LogP contribution in [-0.4, -0.2) is 113 Å². The van der Waals surface area contributed by atoms with Crippen molar-refractivity contribution >= 4 is 35.8 Å². The van der Waals surface area contributed by atoms with Gasteiger partial charge in [0.1, 0.15) is 0 Å². The van der Waals surface area contributed by atoms with Gasteiger partial charge in [-0.25, -0.2) is 0 Å². The predicted molar refractivity (Wildman–Crippen MR) is 451 cm³/mol. The topological polar surface area (TPSA) is 164 Å². The standard InChI is InChI=1S/2C37H45NO3.2C4H14NSi2.2C4H8O.2Y/c2*1-26-20-28(34(39)32(22-26)36(3,4)30-14-10-8-11-15-30)24-38(18-19-41-7)25-29-21-27(2)23-33(35(29)40)37(5,6)31-16-12-9-13-17-31;2*1-6(2)5-7(3)4;2*1-2-4-5-3-1;;/h2*8-17,20-23,39-40H,18-19,24-25H2,1-7H3;2*6-7H,1-4H3;2*1-4H2;;/q;;2*-1;;;2*+3/p-4. The van der Waals surface area contributed by atoms with Crippen LogP contribution in [0, 0.1) is 27.7 Å². The first-order chi connectivity index (χ1) is 50.1. The molecule has 2 saturated heterocycles. The molecule has 10 rings (SSSR count). The van der Waals surface area contributed by atoms with Crippen LogP contribution >= 0.6 is 0 Å². The average molecular weight is 1690 g/mol. The van der Waals surface area contributed by atoms with Gasteiger partial charge in [-0.05, 0) is 120 Å². The molecule has 108 heavy (non-hydrogen) atoms. The van der Waals surface area contributed by atoms with Gasteiger partial charge in [0, 0.05) is 102 Å². The Bertz CT molecular complexity index is 3370. The van der Waals surface area contributed by atoms with Gasteiger partial charge in [-0.15, -0.1) is 23.0 Å². The van der Waals surface area contributed by atoms with Crippen LogP contribution in [0.3, 0.4) is 0 Å². The minimum atomic E-state index is -0.542. The van der Waals surface area contributed by atoms with Gasteiger partial charge in [-0.3, -0.25) is 9.80 Å². The number of benzene rings is 8. The van der Waals surface area contributed by atoms with Gasteiger partial charge >= 0.3 is 65.4 Å². The summed E-state index contributed by atoms with van der Waals surface area (Å²) < 4.78 is 29.9. The van der Waals surface area contributed by atoms with Gasteiger partial charge in [-0.2, -0.15) is 0 Å². The first-order valence-electron chi connectivity index (χ1n) is 38.6. The first kappa shape index (κ1) is 97.9. The van der Waals surface area contributed by atoms with E-state index in [1.165, 1.54) is 25.7 Å². The predicted octanol–water partition coefficient (Wildman–Crippen LogP) is 17.7. The molecule has 2 aliphatic rings. The molecule has 8 aromatic carbocycles. The third kappa shape index (κ3) is 31.2. The molecular formula is C90H130N4O8Si4Y2. The molecule has 2 fully saturated rings. The van der Waals surface area contributed by atoms with E-state index >= 15 is 0 Å². The van der Waals surface area contributed by atoms with E-state index in [0.717, 1.165) is 115 Å². The fraction of sp³-hybridized carbons (Fsp3) is 0.467. The second kappa shape index (κ2) is 48.7. The van der Waals surface area contributed by atoms with Crippen molar-refractivity contribution in [3.05, 3.63) is 268 Å². The van der Waals surface area contributed by atoms with Gasteiger partial charge in [0.25, 0.3) is 0 Å². The summed E-state index contributed by atoms with van der Waals surface area (Å²) in [5, 5.41) is 55.8. The Balaban J connectivity index is 0.000000421. The number of rotatable bonds is 26. The molecule has 0 aliphatic carbocycles. The molecule has 0 N–H and O–H groups in total. The van der Waals surface area contributed by atoms with Crippen LogP contribution in [0.15, 0.2) is 170 Å². The summed E-state index contributed by atoms with van der Waals surface area (Å²) >= 11 is 0. The Kier molecular flexibility index (Phi) is 44.2. The molecule has 8 aromatic rings. The molecule has 0 bridgehead atoms. The van der Waals surface area contributed by atoms with E-state index in [1.54, 1.807) is 14.2 Å². The molecule has 0 aromatic heterocycles. The van der Waals surface area contributed by atoms with Crippen molar-refractivity contribution in [3.8, 4) is 23.0 Å². The van der Waals surface area contributed by atoms with E-state index in [0.29, 0.717) is 52.5 Å². The molecule has 0 unspecified atom stereocenters. The number of hydrogen-bond acceptors (Lipinski definition) is 10. The summed E-state index contributed by atoms with van der Waals surface area (Å²) in [6, 6.07) is 56.8. The van der Waals surface area contributed by atoms with Crippen molar-refractivity contribution in [1.82, 2.24) is 9.80 Å². The first-order valence-corrected chi connectivity index (χ1v) is 49.9. The van der Waals surface area contributed by atoms with Gasteiger partial charge in [0.05, 0.1) is 13.2 Å². The largest absolute Gasteiger partial charge is 3.00 e. The SMILES string of the molecule is C1CCOC1.C1CCOC1.COCCN(Cc1cc(C)cc(C(C)(C)c2ccccc2)c1[O-])Cc1cc(C)cc(C(C)(C)c2ccccc2)c1[O-].COCCN(Cc1cc(C)cc(C(C)(C)c2ccccc2)c1[O-])Cc1cc(C)cc(C(C)(C)c2ccccc2)c1[O-].C[SiH](C)[N-][SiH](C)C.C[SiH](C)[N-][SiH](C)C.[Y+3].[Y+3]. The van der Waals surface area contributed by atoms with E-state index in [2.05, 4.69) is 175 Å². The van der Waals surface area contributed by atoms with E-state index in [-0.39, 0.29) is 88.4 Å². The summed E-state index contributed by atoms with van der Waals surface area (Å²) in [7, 11) is 1.19. The number of hydrogen-bond donors (Lipinski definition) is 0. The normalized spacial score (nSPS) is 12.9. The average Bonchev–Trinajstić information content (AvgIpc) is 1.48. The molecule has 0 atom stereocenters. The third-order valence-electron chi connectivity index (χ3n) is 19.6. The van der Waals surface area contributed by atoms with Crippen molar-refractivity contribution < 1.29 is 105 Å². The van der Waals surface area contributed by atoms with Crippen LogP contribution in [0.4, 0.5) is 0 Å². The Hall–Kier alpha value is -4.28. The van der Waals surface area contributed by atoms with Gasteiger partial charge in [-0.1, -0.05) is 336 Å². The van der Waals surface area contributed by atoms with Crippen molar-refractivity contribution in [1.29, 1.82) is 0 Å². The van der Waals surface area contributed by atoms with Gasteiger partial charge in [0.15, 0.2) is 0 Å². The molecular weight excluding hydrogens is 1560 g/mol.